The molecule has 0 aliphatic carbocycles. The van der Waals surface area contributed by atoms with Crippen LogP contribution in [0.3, 0.4) is 0 Å². The number of ether oxygens (including phenoxy) is 2. The second-order valence-corrected chi connectivity index (χ2v) is 6.64. The van der Waals surface area contributed by atoms with Crippen molar-refractivity contribution < 1.29 is 9.47 Å². The fourth-order valence-corrected chi connectivity index (χ4v) is 3.45. The Morgan fingerprint density at radius 3 is 2.68 bits per heavy atom. The van der Waals surface area contributed by atoms with Gasteiger partial charge in [-0.1, -0.05) is 32.0 Å². The van der Waals surface area contributed by atoms with Gasteiger partial charge in [-0.2, -0.15) is 0 Å². The Hall–Kier alpha value is -2.44. The molecule has 0 atom stereocenters. The maximum atomic E-state index is 5.48. The molecule has 0 saturated heterocycles. The fourth-order valence-electron chi connectivity index (χ4n) is 3.45. The Balaban J connectivity index is 0.00000225. The predicted octanol–water partition coefficient (Wildman–Crippen LogP) is 4.14. The molecule has 0 fully saturated rings. The van der Waals surface area contributed by atoms with Crippen molar-refractivity contribution in [3.05, 3.63) is 48.0 Å². The predicted molar refractivity (Wildman–Crippen MR) is 115 cm³/mol. The fraction of sp³-hybridized carbons (Fsp3) is 0.381. The van der Waals surface area contributed by atoms with Crippen LogP contribution in [0.4, 0.5) is 5.95 Å². The van der Waals surface area contributed by atoms with Crippen LogP contribution in [0.2, 0.25) is 0 Å². The molecule has 150 valence electrons. The number of rotatable bonds is 8. The van der Waals surface area contributed by atoms with E-state index < -0.39 is 0 Å². The largest absolute Gasteiger partial charge is 0.454 e. The van der Waals surface area contributed by atoms with E-state index in [0.29, 0.717) is 13.3 Å². The molecular formula is C21H27ClN4O2. The van der Waals surface area contributed by atoms with E-state index in [0.717, 1.165) is 60.2 Å². The van der Waals surface area contributed by atoms with E-state index >= 15 is 0 Å². The van der Waals surface area contributed by atoms with E-state index in [1.54, 1.807) is 0 Å². The zero-order valence-electron chi connectivity index (χ0n) is 16.4. The zero-order valence-corrected chi connectivity index (χ0v) is 17.2. The van der Waals surface area contributed by atoms with Crippen molar-refractivity contribution in [1.82, 2.24) is 14.5 Å². The van der Waals surface area contributed by atoms with Gasteiger partial charge in [-0.15, -0.1) is 12.4 Å². The summed E-state index contributed by atoms with van der Waals surface area (Å²) in [6.45, 7) is 9.42. The van der Waals surface area contributed by atoms with Crippen LogP contribution in [0.15, 0.2) is 42.5 Å². The van der Waals surface area contributed by atoms with Gasteiger partial charge < -0.3 is 24.3 Å². The summed E-state index contributed by atoms with van der Waals surface area (Å²) < 4.78 is 13.1. The minimum Gasteiger partial charge on any atom is -0.454 e. The first-order chi connectivity index (χ1) is 13.3. The molecule has 1 N–H and O–H groups in total. The average Bonchev–Trinajstić information content (AvgIpc) is 3.31. The number of aromatic nitrogens is 2. The number of halogens is 1. The Morgan fingerprint density at radius 2 is 1.86 bits per heavy atom. The van der Waals surface area contributed by atoms with Crippen LogP contribution in [-0.4, -0.2) is 40.9 Å². The number of imidazole rings is 1. The van der Waals surface area contributed by atoms with Crippen LogP contribution in [-0.2, 0) is 13.1 Å². The molecule has 0 unspecified atom stereocenters. The first-order valence-corrected chi connectivity index (χ1v) is 9.58. The topological polar surface area (TPSA) is 51.5 Å². The molecule has 28 heavy (non-hydrogen) atoms. The van der Waals surface area contributed by atoms with Gasteiger partial charge in [0, 0.05) is 19.6 Å². The lowest BCUT2D eigenvalue weighted by Crippen LogP contribution is -2.27. The van der Waals surface area contributed by atoms with Crippen molar-refractivity contribution in [3.8, 4) is 11.5 Å². The summed E-state index contributed by atoms with van der Waals surface area (Å²) in [6.07, 6.45) is 0. The number of anilines is 1. The van der Waals surface area contributed by atoms with Crippen LogP contribution in [0, 0.1) is 0 Å². The molecule has 2 heterocycles. The average molecular weight is 403 g/mol. The molecule has 1 aromatic heterocycles. The number of fused-ring (bicyclic) bond motifs is 2. The maximum Gasteiger partial charge on any atom is 0.231 e. The molecule has 3 aromatic rings. The second kappa shape index (κ2) is 9.17. The number of nitrogens with one attached hydrogen (secondary N) is 1. The van der Waals surface area contributed by atoms with Crippen LogP contribution in [0.25, 0.3) is 11.0 Å². The molecule has 0 spiro atoms. The molecule has 7 heteroatoms. The first kappa shape index (κ1) is 20.3. The van der Waals surface area contributed by atoms with Crippen molar-refractivity contribution in [2.24, 2.45) is 0 Å². The van der Waals surface area contributed by atoms with Crippen LogP contribution >= 0.6 is 12.4 Å². The van der Waals surface area contributed by atoms with Crippen molar-refractivity contribution in [3.63, 3.8) is 0 Å². The van der Waals surface area contributed by atoms with Crippen molar-refractivity contribution in [2.75, 3.05) is 31.7 Å². The zero-order chi connectivity index (χ0) is 18.6. The summed E-state index contributed by atoms with van der Waals surface area (Å²) in [7, 11) is 0. The molecule has 1 aliphatic heterocycles. The first-order valence-electron chi connectivity index (χ1n) is 9.58. The minimum absolute atomic E-state index is 0. The molecule has 6 nitrogen and oxygen atoms in total. The van der Waals surface area contributed by atoms with Gasteiger partial charge in [0.25, 0.3) is 0 Å². The Morgan fingerprint density at radius 1 is 1.07 bits per heavy atom. The smallest absolute Gasteiger partial charge is 0.231 e. The highest BCUT2D eigenvalue weighted by molar-refractivity contribution is 5.85. The van der Waals surface area contributed by atoms with E-state index in [1.807, 2.05) is 18.2 Å². The second-order valence-electron chi connectivity index (χ2n) is 6.64. The lowest BCUT2D eigenvalue weighted by atomic mass is 10.2. The molecule has 1 aliphatic rings. The molecule has 0 bridgehead atoms. The molecule has 0 amide bonds. The van der Waals surface area contributed by atoms with Crippen molar-refractivity contribution in [2.45, 2.75) is 26.9 Å². The number of nitrogens with zero attached hydrogens (tertiary/aromatic N) is 3. The monoisotopic (exact) mass is 402 g/mol. The van der Waals surface area contributed by atoms with Gasteiger partial charge in [-0.25, -0.2) is 4.98 Å². The van der Waals surface area contributed by atoms with Gasteiger partial charge in [-0.3, -0.25) is 0 Å². The Bertz CT molecular complexity index is 924. The summed E-state index contributed by atoms with van der Waals surface area (Å²) in [6, 6.07) is 14.3. The minimum atomic E-state index is 0. The number of benzene rings is 2. The Labute approximate surface area is 171 Å². The highest BCUT2D eigenvalue weighted by Gasteiger charge is 2.14. The van der Waals surface area contributed by atoms with Crippen LogP contribution in [0.1, 0.15) is 19.4 Å². The van der Waals surface area contributed by atoms with Gasteiger partial charge in [0.2, 0.25) is 12.7 Å². The third-order valence-corrected chi connectivity index (χ3v) is 5.08. The molecule has 4 rings (SSSR count). The van der Waals surface area contributed by atoms with Crippen molar-refractivity contribution in [1.29, 1.82) is 0 Å². The summed E-state index contributed by atoms with van der Waals surface area (Å²) in [5, 5.41) is 3.51. The van der Waals surface area contributed by atoms with Gasteiger partial charge in [0.1, 0.15) is 0 Å². The van der Waals surface area contributed by atoms with Crippen molar-refractivity contribution >= 4 is 29.4 Å². The standard InChI is InChI=1S/C21H26N4O2.ClH/c1-3-24(4-2)11-12-25-18-8-6-5-7-17(18)23-21(25)22-14-16-9-10-19-20(13-16)27-15-26-19;/h5-10,13H,3-4,11-12,14-15H2,1-2H3,(H,22,23);1H. The maximum absolute atomic E-state index is 5.48. The van der Waals surface area contributed by atoms with Gasteiger partial charge in [0.15, 0.2) is 11.5 Å². The lowest BCUT2D eigenvalue weighted by molar-refractivity contribution is 0.174. The third-order valence-electron chi connectivity index (χ3n) is 5.08. The van der Waals surface area contributed by atoms with E-state index in [1.165, 1.54) is 0 Å². The molecule has 0 radical (unpaired) electrons. The van der Waals surface area contributed by atoms with Gasteiger partial charge in [0.05, 0.1) is 11.0 Å². The summed E-state index contributed by atoms with van der Waals surface area (Å²) in [5.41, 5.74) is 3.32. The SMILES string of the molecule is CCN(CC)CCn1c(NCc2ccc3c(c2)OCO3)nc2ccccc21.Cl. The lowest BCUT2D eigenvalue weighted by Gasteiger charge is -2.19. The normalized spacial score (nSPS) is 12.4. The number of hydrogen-bond donors (Lipinski definition) is 1. The number of hydrogen-bond acceptors (Lipinski definition) is 5. The highest BCUT2D eigenvalue weighted by Crippen LogP contribution is 2.32. The Kier molecular flexibility index (Phi) is 6.65. The van der Waals surface area contributed by atoms with E-state index in [4.69, 9.17) is 14.5 Å². The van der Waals surface area contributed by atoms with Gasteiger partial charge in [-0.05, 0) is 42.9 Å². The molecule has 2 aromatic carbocycles. The van der Waals surface area contributed by atoms with Gasteiger partial charge >= 0.3 is 0 Å². The van der Waals surface area contributed by atoms with Crippen LogP contribution in [0.5, 0.6) is 11.5 Å². The van der Waals surface area contributed by atoms with E-state index in [2.05, 4.69) is 52.9 Å². The number of likely N-dealkylation sites (N-methyl/N-ethyl adjacent to an activating group) is 1. The molecule has 0 saturated carbocycles. The quantitative estimate of drug-likeness (QED) is 0.613. The molecular weight excluding hydrogens is 376 g/mol. The summed E-state index contributed by atoms with van der Waals surface area (Å²) >= 11 is 0. The number of para-hydroxylation sites is 2. The third kappa shape index (κ3) is 4.18. The van der Waals surface area contributed by atoms with E-state index in [-0.39, 0.29) is 12.4 Å². The van der Waals surface area contributed by atoms with Crippen LogP contribution < -0.4 is 14.8 Å². The summed E-state index contributed by atoms with van der Waals surface area (Å²) in [5.74, 6) is 2.52. The van der Waals surface area contributed by atoms with E-state index in [9.17, 15) is 0 Å². The highest BCUT2D eigenvalue weighted by atomic mass is 35.5. The summed E-state index contributed by atoms with van der Waals surface area (Å²) in [4.78, 5) is 7.23.